The molecule has 3 heteroatoms. The van der Waals surface area contributed by atoms with Crippen molar-refractivity contribution in [2.24, 2.45) is 10.9 Å². The molecule has 1 aromatic rings. The molecule has 1 unspecified atom stereocenters. The van der Waals surface area contributed by atoms with Crippen molar-refractivity contribution in [2.45, 2.75) is 37.9 Å². The summed E-state index contributed by atoms with van der Waals surface area (Å²) in [7, 11) is 0. The SMILES string of the molecule is C(=N/C=C\CC1CCCCC12OCCO2)c1ccccc1. The molecule has 21 heavy (non-hydrogen) atoms. The largest absolute Gasteiger partial charge is 0.347 e. The van der Waals surface area contributed by atoms with E-state index in [0.717, 1.165) is 31.6 Å². The van der Waals surface area contributed by atoms with Crippen LogP contribution in [0.2, 0.25) is 0 Å². The molecule has 2 fully saturated rings. The summed E-state index contributed by atoms with van der Waals surface area (Å²) in [5.41, 5.74) is 1.12. The van der Waals surface area contributed by atoms with Crippen LogP contribution in [0.5, 0.6) is 0 Å². The summed E-state index contributed by atoms with van der Waals surface area (Å²) in [5, 5.41) is 0. The third kappa shape index (κ3) is 3.60. The number of ether oxygens (including phenoxy) is 2. The van der Waals surface area contributed by atoms with Crippen LogP contribution >= 0.6 is 0 Å². The van der Waals surface area contributed by atoms with Crippen LogP contribution in [0.4, 0.5) is 0 Å². The second-order valence-electron chi connectivity index (χ2n) is 5.76. The molecule has 1 saturated carbocycles. The molecular weight excluding hydrogens is 262 g/mol. The predicted octanol–water partition coefficient (Wildman–Crippen LogP) is 3.94. The number of rotatable bonds is 4. The van der Waals surface area contributed by atoms with Crippen LogP contribution in [-0.2, 0) is 9.47 Å². The van der Waals surface area contributed by atoms with Gasteiger partial charge in [0.1, 0.15) is 0 Å². The lowest BCUT2D eigenvalue weighted by Gasteiger charge is -2.38. The topological polar surface area (TPSA) is 30.8 Å². The second kappa shape index (κ2) is 7.01. The molecule has 0 bridgehead atoms. The first-order chi connectivity index (χ1) is 10.4. The minimum Gasteiger partial charge on any atom is -0.347 e. The van der Waals surface area contributed by atoms with Crippen LogP contribution < -0.4 is 0 Å². The third-order valence-corrected chi connectivity index (χ3v) is 4.36. The van der Waals surface area contributed by atoms with Crippen molar-refractivity contribution in [1.29, 1.82) is 0 Å². The average molecular weight is 285 g/mol. The van der Waals surface area contributed by atoms with E-state index in [4.69, 9.17) is 9.47 Å². The first kappa shape index (κ1) is 14.5. The Kier molecular flexibility index (Phi) is 4.84. The minimum absolute atomic E-state index is 0.300. The Morgan fingerprint density at radius 1 is 1.14 bits per heavy atom. The number of nitrogens with zero attached hydrogens (tertiary/aromatic N) is 1. The van der Waals surface area contributed by atoms with Crippen LogP contribution in [0.25, 0.3) is 0 Å². The van der Waals surface area contributed by atoms with E-state index in [9.17, 15) is 0 Å². The van der Waals surface area contributed by atoms with E-state index >= 15 is 0 Å². The molecule has 112 valence electrons. The summed E-state index contributed by atoms with van der Waals surface area (Å²) >= 11 is 0. The van der Waals surface area contributed by atoms with Crippen molar-refractivity contribution in [3.05, 3.63) is 48.2 Å². The van der Waals surface area contributed by atoms with E-state index < -0.39 is 0 Å². The molecule has 1 aliphatic carbocycles. The molecule has 3 rings (SSSR count). The summed E-state index contributed by atoms with van der Waals surface area (Å²) in [6, 6.07) is 10.1. The van der Waals surface area contributed by atoms with Crippen molar-refractivity contribution in [3.63, 3.8) is 0 Å². The van der Waals surface area contributed by atoms with E-state index in [1.807, 2.05) is 42.7 Å². The second-order valence-corrected chi connectivity index (χ2v) is 5.76. The van der Waals surface area contributed by atoms with Crippen LogP contribution in [0.1, 0.15) is 37.7 Å². The van der Waals surface area contributed by atoms with Gasteiger partial charge in [0.2, 0.25) is 0 Å². The third-order valence-electron chi connectivity index (χ3n) is 4.36. The predicted molar refractivity (Wildman–Crippen MR) is 84.4 cm³/mol. The number of aliphatic imine (C=N–C) groups is 1. The Morgan fingerprint density at radius 3 is 2.76 bits per heavy atom. The molecule has 0 radical (unpaired) electrons. The summed E-state index contributed by atoms with van der Waals surface area (Å²) in [6.45, 7) is 1.48. The quantitative estimate of drug-likeness (QED) is 0.784. The molecule has 0 N–H and O–H groups in total. The van der Waals surface area contributed by atoms with E-state index in [1.54, 1.807) is 0 Å². The Balaban J connectivity index is 1.54. The maximum atomic E-state index is 5.93. The van der Waals surface area contributed by atoms with Gasteiger partial charge in [-0.3, -0.25) is 4.99 Å². The van der Waals surface area contributed by atoms with Crippen molar-refractivity contribution in [3.8, 4) is 0 Å². The molecule has 1 aromatic carbocycles. The van der Waals surface area contributed by atoms with Gasteiger partial charge in [-0.2, -0.15) is 0 Å². The van der Waals surface area contributed by atoms with Gasteiger partial charge in [-0.15, -0.1) is 0 Å². The van der Waals surface area contributed by atoms with Crippen LogP contribution in [0.15, 0.2) is 47.6 Å². The lowest BCUT2D eigenvalue weighted by molar-refractivity contribution is -0.211. The van der Waals surface area contributed by atoms with Gasteiger partial charge in [0.15, 0.2) is 5.79 Å². The Hall–Kier alpha value is -1.45. The summed E-state index contributed by atoms with van der Waals surface area (Å²) < 4.78 is 11.9. The maximum Gasteiger partial charge on any atom is 0.171 e. The number of hydrogen-bond acceptors (Lipinski definition) is 3. The molecule has 1 atom stereocenters. The fraction of sp³-hybridized carbons (Fsp3) is 0.500. The molecule has 1 heterocycles. The summed E-state index contributed by atoms with van der Waals surface area (Å²) in [5.74, 6) is 0.170. The molecule has 2 aliphatic rings. The normalized spacial score (nSPS) is 25.2. The monoisotopic (exact) mass is 285 g/mol. The zero-order chi connectivity index (χ0) is 14.4. The Morgan fingerprint density at radius 2 is 1.95 bits per heavy atom. The smallest absolute Gasteiger partial charge is 0.171 e. The summed E-state index contributed by atoms with van der Waals surface area (Å²) in [4.78, 5) is 4.35. The van der Waals surface area contributed by atoms with Crippen molar-refractivity contribution < 1.29 is 9.47 Å². The van der Waals surface area contributed by atoms with Crippen molar-refractivity contribution in [2.75, 3.05) is 13.2 Å². The first-order valence-corrected chi connectivity index (χ1v) is 7.90. The number of benzene rings is 1. The Bertz CT molecular complexity index is 489. The fourth-order valence-electron chi connectivity index (χ4n) is 3.29. The highest BCUT2D eigenvalue weighted by Crippen LogP contribution is 2.42. The highest BCUT2D eigenvalue weighted by atomic mass is 16.7. The van der Waals surface area contributed by atoms with E-state index in [2.05, 4.69) is 11.1 Å². The number of allylic oxidation sites excluding steroid dienone is 1. The van der Waals surface area contributed by atoms with Gasteiger partial charge in [-0.05, 0) is 24.8 Å². The van der Waals surface area contributed by atoms with Crippen molar-refractivity contribution >= 4 is 6.21 Å². The fourth-order valence-corrected chi connectivity index (χ4v) is 3.29. The van der Waals surface area contributed by atoms with Gasteiger partial charge >= 0.3 is 0 Å². The average Bonchev–Trinajstić information content (AvgIpc) is 2.99. The summed E-state index contributed by atoms with van der Waals surface area (Å²) in [6.07, 6.45) is 11.6. The zero-order valence-electron chi connectivity index (χ0n) is 12.4. The van der Waals surface area contributed by atoms with E-state index in [1.165, 1.54) is 19.3 Å². The van der Waals surface area contributed by atoms with E-state index in [0.29, 0.717) is 5.92 Å². The van der Waals surface area contributed by atoms with Gasteiger partial charge < -0.3 is 9.47 Å². The molecule has 0 aromatic heterocycles. The van der Waals surface area contributed by atoms with Crippen molar-refractivity contribution in [1.82, 2.24) is 0 Å². The molecule has 3 nitrogen and oxygen atoms in total. The lowest BCUT2D eigenvalue weighted by Crippen LogP contribution is -2.41. The highest BCUT2D eigenvalue weighted by Gasteiger charge is 2.44. The molecule has 1 spiro atoms. The van der Waals surface area contributed by atoms with Crippen LogP contribution in [0, 0.1) is 5.92 Å². The Labute approximate surface area is 126 Å². The zero-order valence-corrected chi connectivity index (χ0v) is 12.4. The molecule has 1 saturated heterocycles. The molecular formula is C18H23NO2. The maximum absolute atomic E-state index is 5.93. The van der Waals surface area contributed by atoms with Crippen LogP contribution in [0.3, 0.4) is 0 Å². The van der Waals surface area contributed by atoms with Gasteiger partial charge in [0, 0.05) is 24.8 Å². The number of hydrogen-bond donors (Lipinski definition) is 0. The van der Waals surface area contributed by atoms with Gasteiger partial charge in [-0.25, -0.2) is 0 Å². The minimum atomic E-state index is -0.300. The van der Waals surface area contributed by atoms with Crippen LogP contribution in [-0.4, -0.2) is 25.2 Å². The first-order valence-electron chi connectivity index (χ1n) is 7.90. The van der Waals surface area contributed by atoms with Gasteiger partial charge in [0.25, 0.3) is 0 Å². The van der Waals surface area contributed by atoms with E-state index in [-0.39, 0.29) is 5.79 Å². The highest BCUT2D eigenvalue weighted by molar-refractivity contribution is 5.79. The standard InChI is InChI=1S/C18H23NO2/c1-2-7-16(8-3-1)15-19-12-6-10-17-9-4-5-11-18(17)20-13-14-21-18/h1-3,6-8,12,15,17H,4-5,9-11,13-14H2/b12-6-,19-15?. The lowest BCUT2D eigenvalue weighted by atomic mass is 9.81. The van der Waals surface area contributed by atoms with Gasteiger partial charge in [-0.1, -0.05) is 42.8 Å². The molecule has 1 aliphatic heterocycles. The molecule has 0 amide bonds. The van der Waals surface area contributed by atoms with Gasteiger partial charge in [0.05, 0.1) is 13.2 Å².